The summed E-state index contributed by atoms with van der Waals surface area (Å²) in [4.78, 5) is 2.34. The van der Waals surface area contributed by atoms with Crippen LogP contribution in [0.5, 0.6) is 0 Å². The second-order valence-corrected chi connectivity index (χ2v) is 5.14. The number of ether oxygens (including phenoxy) is 1. The van der Waals surface area contributed by atoms with Crippen LogP contribution in [0.1, 0.15) is 25.2 Å². The van der Waals surface area contributed by atoms with Gasteiger partial charge in [0.25, 0.3) is 0 Å². The number of nitrogens with zero attached hydrogens (tertiary/aromatic N) is 1. The largest absolute Gasteiger partial charge is 0.459 e. The summed E-state index contributed by atoms with van der Waals surface area (Å²) in [5, 5.41) is 4.63. The number of benzene rings is 1. The van der Waals surface area contributed by atoms with Gasteiger partial charge in [-0.3, -0.25) is 4.90 Å². The summed E-state index contributed by atoms with van der Waals surface area (Å²) in [5.74, 6) is 1.06. The van der Waals surface area contributed by atoms with Crippen molar-refractivity contribution in [2.45, 2.75) is 26.9 Å². The summed E-state index contributed by atoms with van der Waals surface area (Å²) in [7, 11) is 1.74. The number of furan rings is 1. The van der Waals surface area contributed by atoms with E-state index in [1.54, 1.807) is 7.11 Å². The molecule has 0 radical (unpaired) electrons. The van der Waals surface area contributed by atoms with Gasteiger partial charge in [0.15, 0.2) is 0 Å². The van der Waals surface area contributed by atoms with E-state index in [0.29, 0.717) is 0 Å². The molecule has 1 aromatic carbocycles. The molecule has 0 aliphatic rings. The van der Waals surface area contributed by atoms with Crippen LogP contribution in [0, 0.1) is 0 Å². The summed E-state index contributed by atoms with van der Waals surface area (Å²) in [6, 6.07) is 8.27. The maximum Gasteiger partial charge on any atom is 0.134 e. The highest BCUT2D eigenvalue weighted by Crippen LogP contribution is 2.26. The van der Waals surface area contributed by atoms with Crippen LogP contribution in [-0.4, -0.2) is 38.3 Å². The number of fused-ring (bicyclic) bond motifs is 1. The minimum absolute atomic E-state index is 0.747. The molecule has 2 rings (SSSR count). The van der Waals surface area contributed by atoms with Gasteiger partial charge in [0.2, 0.25) is 0 Å². The van der Waals surface area contributed by atoms with Crippen LogP contribution in [0.3, 0.4) is 0 Å². The Bertz CT molecular complexity index is 551. The zero-order valence-electron chi connectivity index (χ0n) is 13.3. The van der Waals surface area contributed by atoms with Crippen molar-refractivity contribution in [1.82, 2.24) is 10.2 Å². The number of nitrogens with one attached hydrogen (secondary N) is 1. The summed E-state index contributed by atoms with van der Waals surface area (Å²) in [6.45, 7) is 9.59. The van der Waals surface area contributed by atoms with Crippen LogP contribution < -0.4 is 5.32 Å². The van der Waals surface area contributed by atoms with Crippen LogP contribution in [0.25, 0.3) is 11.0 Å². The van der Waals surface area contributed by atoms with Crippen molar-refractivity contribution in [3.8, 4) is 0 Å². The first kappa shape index (κ1) is 16.0. The van der Waals surface area contributed by atoms with Crippen molar-refractivity contribution in [2.24, 2.45) is 0 Å². The average Bonchev–Trinajstić information content (AvgIpc) is 2.86. The zero-order valence-corrected chi connectivity index (χ0v) is 13.3. The first-order chi connectivity index (χ1) is 10.3. The molecule has 0 saturated heterocycles. The Kier molecular flexibility index (Phi) is 6.23. The molecule has 4 heteroatoms. The van der Waals surface area contributed by atoms with Gasteiger partial charge in [0.1, 0.15) is 11.3 Å². The first-order valence-electron chi connectivity index (χ1n) is 7.71. The quantitative estimate of drug-likeness (QED) is 0.770. The van der Waals surface area contributed by atoms with Crippen LogP contribution in [0.15, 0.2) is 28.7 Å². The minimum atomic E-state index is 0.747. The van der Waals surface area contributed by atoms with Gasteiger partial charge in [-0.05, 0) is 19.2 Å². The molecule has 116 valence electrons. The Morgan fingerprint density at radius 1 is 1.24 bits per heavy atom. The third-order valence-corrected chi connectivity index (χ3v) is 3.76. The van der Waals surface area contributed by atoms with E-state index >= 15 is 0 Å². The maximum atomic E-state index is 6.09. The van der Waals surface area contributed by atoms with Gasteiger partial charge >= 0.3 is 0 Å². The SMILES string of the molecule is CCNCc1c(CN(CC)CCOC)oc2ccccc12. The van der Waals surface area contributed by atoms with Crippen LogP contribution in [0.4, 0.5) is 0 Å². The highest BCUT2D eigenvalue weighted by Gasteiger charge is 2.15. The molecule has 2 aromatic rings. The van der Waals surface area contributed by atoms with Gasteiger partial charge in [0, 0.05) is 31.1 Å². The van der Waals surface area contributed by atoms with Gasteiger partial charge < -0.3 is 14.5 Å². The fraction of sp³-hybridized carbons (Fsp3) is 0.529. The number of methoxy groups -OCH3 is 1. The third kappa shape index (κ3) is 4.06. The summed E-state index contributed by atoms with van der Waals surface area (Å²) in [6.07, 6.45) is 0. The fourth-order valence-corrected chi connectivity index (χ4v) is 2.49. The van der Waals surface area contributed by atoms with E-state index in [1.165, 1.54) is 10.9 Å². The second kappa shape index (κ2) is 8.17. The summed E-state index contributed by atoms with van der Waals surface area (Å²) < 4.78 is 11.3. The van der Waals surface area contributed by atoms with Crippen molar-refractivity contribution in [3.63, 3.8) is 0 Å². The van der Waals surface area contributed by atoms with Gasteiger partial charge in [-0.1, -0.05) is 32.0 Å². The Balaban J connectivity index is 2.23. The van der Waals surface area contributed by atoms with Gasteiger partial charge in [-0.15, -0.1) is 0 Å². The average molecular weight is 290 g/mol. The third-order valence-electron chi connectivity index (χ3n) is 3.76. The minimum Gasteiger partial charge on any atom is -0.459 e. The van der Waals surface area contributed by atoms with Crippen molar-refractivity contribution >= 4 is 11.0 Å². The molecule has 0 unspecified atom stereocenters. The highest BCUT2D eigenvalue weighted by atomic mass is 16.5. The summed E-state index contributed by atoms with van der Waals surface area (Å²) in [5.41, 5.74) is 2.26. The molecule has 0 atom stereocenters. The second-order valence-electron chi connectivity index (χ2n) is 5.14. The number of hydrogen-bond acceptors (Lipinski definition) is 4. The molecule has 0 fully saturated rings. The van der Waals surface area contributed by atoms with E-state index in [2.05, 4.69) is 36.2 Å². The molecule has 0 spiro atoms. The molecule has 0 bridgehead atoms. The number of para-hydroxylation sites is 1. The predicted octanol–water partition coefficient (Wildman–Crippen LogP) is 3.01. The normalized spacial score (nSPS) is 11.6. The first-order valence-corrected chi connectivity index (χ1v) is 7.71. The Morgan fingerprint density at radius 2 is 2.05 bits per heavy atom. The molecule has 0 saturated carbocycles. The molecule has 0 aliphatic heterocycles. The number of likely N-dealkylation sites (N-methyl/N-ethyl adjacent to an activating group) is 1. The van der Waals surface area contributed by atoms with E-state index in [9.17, 15) is 0 Å². The van der Waals surface area contributed by atoms with Crippen LogP contribution in [0.2, 0.25) is 0 Å². The Morgan fingerprint density at radius 3 is 2.76 bits per heavy atom. The van der Waals surface area contributed by atoms with E-state index in [-0.39, 0.29) is 0 Å². The molecule has 21 heavy (non-hydrogen) atoms. The van der Waals surface area contributed by atoms with Gasteiger partial charge in [-0.25, -0.2) is 0 Å². The maximum absolute atomic E-state index is 6.09. The molecule has 1 heterocycles. The lowest BCUT2D eigenvalue weighted by Crippen LogP contribution is -2.27. The Labute approximate surface area is 127 Å². The smallest absolute Gasteiger partial charge is 0.134 e. The molecular formula is C17H26N2O2. The lowest BCUT2D eigenvalue weighted by atomic mass is 10.1. The van der Waals surface area contributed by atoms with Crippen molar-refractivity contribution in [3.05, 3.63) is 35.6 Å². The van der Waals surface area contributed by atoms with E-state index in [1.807, 2.05) is 12.1 Å². The zero-order chi connectivity index (χ0) is 15.1. The van der Waals surface area contributed by atoms with Crippen LogP contribution in [-0.2, 0) is 17.8 Å². The fourth-order valence-electron chi connectivity index (χ4n) is 2.49. The predicted molar refractivity (Wildman–Crippen MR) is 86.4 cm³/mol. The number of rotatable bonds is 9. The molecule has 0 aliphatic carbocycles. The number of hydrogen-bond donors (Lipinski definition) is 1. The molecule has 1 N–H and O–H groups in total. The van der Waals surface area contributed by atoms with E-state index in [4.69, 9.17) is 9.15 Å². The summed E-state index contributed by atoms with van der Waals surface area (Å²) >= 11 is 0. The molecule has 1 aromatic heterocycles. The van der Waals surface area contributed by atoms with Gasteiger partial charge in [-0.2, -0.15) is 0 Å². The molecule has 4 nitrogen and oxygen atoms in total. The molecular weight excluding hydrogens is 264 g/mol. The monoisotopic (exact) mass is 290 g/mol. The van der Waals surface area contributed by atoms with Crippen molar-refractivity contribution in [1.29, 1.82) is 0 Å². The van der Waals surface area contributed by atoms with Crippen molar-refractivity contribution < 1.29 is 9.15 Å². The highest BCUT2D eigenvalue weighted by molar-refractivity contribution is 5.82. The van der Waals surface area contributed by atoms with Crippen molar-refractivity contribution in [2.75, 3.05) is 33.4 Å². The van der Waals surface area contributed by atoms with E-state index < -0.39 is 0 Å². The lowest BCUT2D eigenvalue weighted by molar-refractivity contribution is 0.143. The standard InChI is InChI=1S/C17H26N2O2/c1-4-18-12-15-14-8-6-7-9-16(14)21-17(15)13-19(5-2)10-11-20-3/h6-9,18H,4-5,10-13H2,1-3H3. The van der Waals surface area contributed by atoms with Gasteiger partial charge in [0.05, 0.1) is 13.2 Å². The van der Waals surface area contributed by atoms with E-state index in [0.717, 1.165) is 50.7 Å². The topological polar surface area (TPSA) is 37.6 Å². The Hall–Kier alpha value is -1.36. The molecule has 0 amide bonds. The lowest BCUT2D eigenvalue weighted by Gasteiger charge is -2.19. The van der Waals surface area contributed by atoms with Crippen LogP contribution >= 0.6 is 0 Å².